The van der Waals surface area contributed by atoms with Gasteiger partial charge in [0, 0.05) is 30.8 Å². The van der Waals surface area contributed by atoms with Crippen LogP contribution in [-0.2, 0) is 4.74 Å². The fourth-order valence-corrected chi connectivity index (χ4v) is 2.64. The first-order valence-corrected chi connectivity index (χ1v) is 7.11. The Kier molecular flexibility index (Phi) is 4.82. The molecule has 0 atom stereocenters. The van der Waals surface area contributed by atoms with Crippen molar-refractivity contribution >= 4 is 21.8 Å². The Morgan fingerprint density at radius 1 is 1.42 bits per heavy atom. The lowest BCUT2D eigenvalue weighted by atomic mass is 10.1. The average Bonchev–Trinajstić information content (AvgIpc) is 2.46. The quantitative estimate of drug-likeness (QED) is 0.856. The number of halogens is 1. The number of hydrogen-bond donors (Lipinski definition) is 0. The maximum Gasteiger partial charge on any atom is 0.257 e. The summed E-state index contributed by atoms with van der Waals surface area (Å²) < 4.78 is 11.5. The molecule has 1 aromatic carbocycles. The van der Waals surface area contributed by atoms with Crippen molar-refractivity contribution < 1.29 is 14.3 Å². The van der Waals surface area contributed by atoms with E-state index in [9.17, 15) is 4.79 Å². The maximum absolute atomic E-state index is 12.6. The number of rotatable bonds is 3. The summed E-state index contributed by atoms with van der Waals surface area (Å²) in [6.07, 6.45) is 1.77. The summed E-state index contributed by atoms with van der Waals surface area (Å²) in [7, 11) is 3.42. The Morgan fingerprint density at radius 3 is 2.74 bits per heavy atom. The van der Waals surface area contributed by atoms with Crippen LogP contribution in [0.25, 0.3) is 0 Å². The van der Waals surface area contributed by atoms with Gasteiger partial charge >= 0.3 is 0 Å². The molecule has 0 spiro atoms. The van der Waals surface area contributed by atoms with E-state index in [0.717, 1.165) is 30.5 Å². The molecule has 1 amide bonds. The Morgan fingerprint density at radius 2 is 2.11 bits per heavy atom. The van der Waals surface area contributed by atoms with Crippen molar-refractivity contribution in [3.05, 3.63) is 28.2 Å². The highest BCUT2D eigenvalue weighted by Crippen LogP contribution is 2.25. The minimum absolute atomic E-state index is 0.00921. The number of amides is 1. The second-order valence-electron chi connectivity index (χ2n) is 4.60. The molecule has 1 saturated heterocycles. The molecule has 4 nitrogen and oxygen atoms in total. The predicted molar refractivity (Wildman–Crippen MR) is 76.6 cm³/mol. The van der Waals surface area contributed by atoms with E-state index >= 15 is 0 Å². The molecule has 1 fully saturated rings. The van der Waals surface area contributed by atoms with Gasteiger partial charge in [0.2, 0.25) is 0 Å². The first kappa shape index (κ1) is 14.3. The zero-order chi connectivity index (χ0) is 13.8. The van der Waals surface area contributed by atoms with E-state index in [4.69, 9.17) is 9.47 Å². The van der Waals surface area contributed by atoms with Crippen molar-refractivity contribution in [1.29, 1.82) is 0 Å². The molecule has 0 unspecified atom stereocenters. The second-order valence-corrected chi connectivity index (χ2v) is 5.52. The van der Waals surface area contributed by atoms with Gasteiger partial charge in [-0.15, -0.1) is 0 Å². The van der Waals surface area contributed by atoms with Crippen LogP contribution in [0.2, 0.25) is 0 Å². The zero-order valence-corrected chi connectivity index (χ0v) is 12.8. The fourth-order valence-electron chi connectivity index (χ4n) is 2.28. The molecule has 0 radical (unpaired) electrons. The summed E-state index contributed by atoms with van der Waals surface area (Å²) >= 11 is 3.39. The van der Waals surface area contributed by atoms with Crippen LogP contribution in [0.4, 0.5) is 0 Å². The van der Waals surface area contributed by atoms with Gasteiger partial charge in [0.15, 0.2) is 0 Å². The van der Waals surface area contributed by atoms with Gasteiger partial charge in [-0.1, -0.05) is 15.9 Å². The summed E-state index contributed by atoms with van der Waals surface area (Å²) in [6.45, 7) is 1.44. The Hall–Kier alpha value is -1.07. The number of carbonyl (C=O) groups excluding carboxylic acids is 1. The number of ether oxygens (including phenoxy) is 2. The summed E-state index contributed by atoms with van der Waals surface area (Å²) in [4.78, 5) is 14.4. The van der Waals surface area contributed by atoms with Crippen LogP contribution in [0, 0.1) is 0 Å². The van der Waals surface area contributed by atoms with Gasteiger partial charge in [0.1, 0.15) is 5.75 Å². The van der Waals surface area contributed by atoms with Crippen molar-refractivity contribution in [2.75, 3.05) is 27.4 Å². The molecule has 0 saturated carbocycles. The smallest absolute Gasteiger partial charge is 0.257 e. The summed E-state index contributed by atoms with van der Waals surface area (Å²) in [5.41, 5.74) is 0.589. The van der Waals surface area contributed by atoms with Crippen LogP contribution in [0.15, 0.2) is 22.7 Å². The monoisotopic (exact) mass is 327 g/mol. The third kappa shape index (κ3) is 3.28. The highest BCUT2D eigenvalue weighted by Gasteiger charge is 2.25. The van der Waals surface area contributed by atoms with Crippen LogP contribution in [0.5, 0.6) is 5.75 Å². The molecule has 0 N–H and O–H groups in total. The third-order valence-corrected chi connectivity index (χ3v) is 3.94. The van der Waals surface area contributed by atoms with E-state index in [0.29, 0.717) is 11.3 Å². The van der Waals surface area contributed by atoms with E-state index in [1.54, 1.807) is 24.1 Å². The first-order valence-electron chi connectivity index (χ1n) is 6.32. The van der Waals surface area contributed by atoms with Crippen LogP contribution in [0.1, 0.15) is 23.2 Å². The van der Waals surface area contributed by atoms with Crippen molar-refractivity contribution in [3.8, 4) is 5.75 Å². The number of benzene rings is 1. The van der Waals surface area contributed by atoms with Crippen LogP contribution >= 0.6 is 15.9 Å². The predicted octanol–water partition coefficient (Wildman–Crippen LogP) is 2.71. The van der Waals surface area contributed by atoms with Gasteiger partial charge in [-0.25, -0.2) is 0 Å². The number of hydrogen-bond acceptors (Lipinski definition) is 3. The standard InChI is InChI=1S/C14H18BrNO3/c1-16(11-5-7-19-8-6-11)14(17)12-9-10(15)3-4-13(12)18-2/h3-4,9,11H,5-8H2,1-2H3. The Labute approximate surface area is 121 Å². The normalized spacial score (nSPS) is 16.2. The van der Waals surface area contributed by atoms with Crippen molar-refractivity contribution in [2.45, 2.75) is 18.9 Å². The topological polar surface area (TPSA) is 38.8 Å². The molecule has 1 aliphatic heterocycles. The van der Waals surface area contributed by atoms with Crippen LogP contribution < -0.4 is 4.74 Å². The molecule has 1 heterocycles. The van der Waals surface area contributed by atoms with Gasteiger partial charge in [-0.3, -0.25) is 4.79 Å². The molecule has 0 aliphatic carbocycles. The summed E-state index contributed by atoms with van der Waals surface area (Å²) in [5, 5.41) is 0. The zero-order valence-electron chi connectivity index (χ0n) is 11.2. The summed E-state index contributed by atoms with van der Waals surface area (Å²) in [5.74, 6) is 0.595. The Balaban J connectivity index is 2.20. The fraction of sp³-hybridized carbons (Fsp3) is 0.500. The minimum Gasteiger partial charge on any atom is -0.496 e. The SMILES string of the molecule is COc1ccc(Br)cc1C(=O)N(C)C1CCOCC1. The lowest BCUT2D eigenvalue weighted by Crippen LogP contribution is -2.40. The van der Waals surface area contributed by atoms with E-state index in [2.05, 4.69) is 15.9 Å². The van der Waals surface area contributed by atoms with Crippen molar-refractivity contribution in [2.24, 2.45) is 0 Å². The van der Waals surface area contributed by atoms with Gasteiger partial charge in [0.05, 0.1) is 12.7 Å². The first-order chi connectivity index (χ1) is 9.13. The highest BCUT2D eigenvalue weighted by molar-refractivity contribution is 9.10. The van der Waals surface area contributed by atoms with Gasteiger partial charge < -0.3 is 14.4 Å². The molecule has 0 aromatic heterocycles. The summed E-state index contributed by atoms with van der Waals surface area (Å²) in [6, 6.07) is 5.71. The number of methoxy groups -OCH3 is 1. The maximum atomic E-state index is 12.6. The van der Waals surface area contributed by atoms with Gasteiger partial charge in [-0.2, -0.15) is 0 Å². The van der Waals surface area contributed by atoms with Gasteiger partial charge in [0.25, 0.3) is 5.91 Å². The molecule has 1 aliphatic rings. The van der Waals surface area contributed by atoms with E-state index in [-0.39, 0.29) is 11.9 Å². The lowest BCUT2D eigenvalue weighted by molar-refractivity contribution is 0.0360. The minimum atomic E-state index is -0.00921. The van der Waals surface area contributed by atoms with Crippen molar-refractivity contribution in [1.82, 2.24) is 4.90 Å². The van der Waals surface area contributed by atoms with E-state index in [1.807, 2.05) is 13.1 Å². The van der Waals surface area contributed by atoms with Gasteiger partial charge in [-0.05, 0) is 31.0 Å². The average molecular weight is 328 g/mol. The van der Waals surface area contributed by atoms with E-state index < -0.39 is 0 Å². The van der Waals surface area contributed by atoms with Crippen LogP contribution in [-0.4, -0.2) is 44.2 Å². The second kappa shape index (κ2) is 6.39. The molecule has 5 heteroatoms. The lowest BCUT2D eigenvalue weighted by Gasteiger charge is -2.31. The number of nitrogens with zero attached hydrogens (tertiary/aromatic N) is 1. The number of carbonyl (C=O) groups is 1. The van der Waals surface area contributed by atoms with Crippen LogP contribution in [0.3, 0.4) is 0 Å². The molecular formula is C14H18BrNO3. The van der Waals surface area contributed by atoms with Crippen molar-refractivity contribution in [3.63, 3.8) is 0 Å². The molecule has 19 heavy (non-hydrogen) atoms. The largest absolute Gasteiger partial charge is 0.496 e. The molecule has 2 rings (SSSR count). The third-order valence-electron chi connectivity index (χ3n) is 3.45. The molecule has 1 aromatic rings. The molecule has 0 bridgehead atoms. The molecule has 104 valence electrons. The Bertz CT molecular complexity index is 458. The van der Waals surface area contributed by atoms with E-state index in [1.165, 1.54) is 0 Å². The molecular weight excluding hydrogens is 310 g/mol. The highest BCUT2D eigenvalue weighted by atomic mass is 79.9.